The van der Waals surface area contributed by atoms with E-state index in [-0.39, 0.29) is 0 Å². The molecule has 0 heterocycles. The first kappa shape index (κ1) is 13.7. The van der Waals surface area contributed by atoms with Crippen LogP contribution in [0.2, 0.25) is 0 Å². The van der Waals surface area contributed by atoms with Crippen LogP contribution in [-0.4, -0.2) is 11.1 Å². The number of aliphatic carboxylic acids is 1. The number of carboxylic acid groups (broad SMARTS) is 1. The highest BCUT2D eigenvalue weighted by Crippen LogP contribution is 2.30. The van der Waals surface area contributed by atoms with E-state index >= 15 is 0 Å². The van der Waals surface area contributed by atoms with E-state index in [1.807, 2.05) is 42.5 Å². The second-order valence-electron chi connectivity index (χ2n) is 5.48. The Kier molecular flexibility index (Phi) is 3.91. The molecule has 3 heteroatoms. The molecule has 0 aliphatic heterocycles. The van der Waals surface area contributed by atoms with Gasteiger partial charge in [-0.15, -0.1) is 0 Å². The van der Waals surface area contributed by atoms with Gasteiger partial charge in [0.05, 0.1) is 0 Å². The maximum atomic E-state index is 11.6. The van der Waals surface area contributed by atoms with Gasteiger partial charge in [-0.1, -0.05) is 42.5 Å². The third-order valence-electron chi connectivity index (χ3n) is 4.08. The number of aryl methyl sites for hydroxylation is 1. The fraction of sp³-hybridized carbons (Fsp3) is 0.278. The van der Waals surface area contributed by atoms with Gasteiger partial charge in [-0.2, -0.15) is 0 Å². The van der Waals surface area contributed by atoms with E-state index in [0.717, 1.165) is 24.1 Å². The van der Waals surface area contributed by atoms with Crippen molar-refractivity contribution in [1.29, 1.82) is 0 Å². The summed E-state index contributed by atoms with van der Waals surface area (Å²) in [6.45, 7) is 0. The number of fused-ring (bicyclic) bond motifs is 1. The Morgan fingerprint density at radius 1 is 1.00 bits per heavy atom. The lowest BCUT2D eigenvalue weighted by atomic mass is 9.90. The maximum Gasteiger partial charge on any atom is 0.330 e. The SMILES string of the molecule is O=C(O)C(Nc1cccc2c1CCCC2)c1ccccc1. The van der Waals surface area contributed by atoms with Crippen LogP contribution in [0.5, 0.6) is 0 Å². The first-order valence-electron chi connectivity index (χ1n) is 7.41. The van der Waals surface area contributed by atoms with E-state index in [9.17, 15) is 9.90 Å². The quantitative estimate of drug-likeness (QED) is 0.896. The average molecular weight is 281 g/mol. The summed E-state index contributed by atoms with van der Waals surface area (Å²) in [5, 5.41) is 12.8. The average Bonchev–Trinajstić information content (AvgIpc) is 2.53. The van der Waals surface area contributed by atoms with Crippen LogP contribution in [0.15, 0.2) is 48.5 Å². The van der Waals surface area contributed by atoms with Gasteiger partial charge in [-0.05, 0) is 48.4 Å². The van der Waals surface area contributed by atoms with Crippen molar-refractivity contribution in [2.24, 2.45) is 0 Å². The van der Waals surface area contributed by atoms with Gasteiger partial charge in [-0.25, -0.2) is 4.79 Å². The third kappa shape index (κ3) is 2.92. The summed E-state index contributed by atoms with van der Waals surface area (Å²) in [5.74, 6) is -0.852. The van der Waals surface area contributed by atoms with E-state index in [4.69, 9.17) is 0 Å². The lowest BCUT2D eigenvalue weighted by molar-refractivity contribution is -0.138. The molecular formula is C18H19NO2. The van der Waals surface area contributed by atoms with Gasteiger partial charge < -0.3 is 10.4 Å². The second kappa shape index (κ2) is 6.00. The molecule has 0 radical (unpaired) electrons. The second-order valence-corrected chi connectivity index (χ2v) is 5.48. The Morgan fingerprint density at radius 2 is 1.76 bits per heavy atom. The Labute approximate surface area is 124 Å². The van der Waals surface area contributed by atoms with Crippen LogP contribution in [0.4, 0.5) is 5.69 Å². The van der Waals surface area contributed by atoms with Gasteiger partial charge in [0.15, 0.2) is 6.04 Å². The van der Waals surface area contributed by atoms with Crippen LogP contribution in [0.1, 0.15) is 35.6 Å². The molecule has 2 aromatic carbocycles. The highest BCUT2D eigenvalue weighted by atomic mass is 16.4. The molecule has 0 saturated heterocycles. The van der Waals surface area contributed by atoms with Crippen LogP contribution in [-0.2, 0) is 17.6 Å². The van der Waals surface area contributed by atoms with Crippen molar-refractivity contribution in [3.63, 3.8) is 0 Å². The van der Waals surface area contributed by atoms with E-state index in [0.29, 0.717) is 0 Å². The molecule has 0 spiro atoms. The molecular weight excluding hydrogens is 262 g/mol. The zero-order chi connectivity index (χ0) is 14.7. The predicted molar refractivity (Wildman–Crippen MR) is 83.5 cm³/mol. The number of hydrogen-bond donors (Lipinski definition) is 2. The Bertz CT molecular complexity index is 637. The van der Waals surface area contributed by atoms with Gasteiger partial charge in [0, 0.05) is 5.69 Å². The normalized spacial score (nSPS) is 15.0. The number of carbonyl (C=O) groups is 1. The zero-order valence-corrected chi connectivity index (χ0v) is 11.9. The van der Waals surface area contributed by atoms with Crippen molar-refractivity contribution < 1.29 is 9.90 Å². The molecule has 0 aromatic heterocycles. The van der Waals surface area contributed by atoms with Gasteiger partial charge in [0.2, 0.25) is 0 Å². The molecule has 1 unspecified atom stereocenters. The van der Waals surface area contributed by atoms with E-state index < -0.39 is 12.0 Å². The summed E-state index contributed by atoms with van der Waals surface area (Å²) in [5.41, 5.74) is 4.37. The predicted octanol–water partition coefficient (Wildman–Crippen LogP) is 3.80. The Morgan fingerprint density at radius 3 is 2.52 bits per heavy atom. The molecule has 1 atom stereocenters. The van der Waals surface area contributed by atoms with Crippen molar-refractivity contribution in [1.82, 2.24) is 0 Å². The largest absolute Gasteiger partial charge is 0.479 e. The molecule has 1 aliphatic rings. The van der Waals surface area contributed by atoms with E-state index in [1.54, 1.807) is 0 Å². The minimum absolute atomic E-state index is 0.709. The lowest BCUT2D eigenvalue weighted by Gasteiger charge is -2.23. The van der Waals surface area contributed by atoms with Crippen LogP contribution in [0.3, 0.4) is 0 Å². The highest BCUT2D eigenvalue weighted by Gasteiger charge is 2.21. The van der Waals surface area contributed by atoms with Crippen molar-refractivity contribution in [3.05, 3.63) is 65.2 Å². The summed E-state index contributed by atoms with van der Waals surface area (Å²) < 4.78 is 0. The molecule has 21 heavy (non-hydrogen) atoms. The summed E-state index contributed by atoms with van der Waals surface area (Å²) >= 11 is 0. The molecule has 2 N–H and O–H groups in total. The number of benzene rings is 2. The van der Waals surface area contributed by atoms with Crippen molar-refractivity contribution >= 4 is 11.7 Å². The monoisotopic (exact) mass is 281 g/mol. The summed E-state index contributed by atoms with van der Waals surface area (Å²) in [7, 11) is 0. The number of carboxylic acids is 1. The van der Waals surface area contributed by atoms with Crippen LogP contribution < -0.4 is 5.32 Å². The van der Waals surface area contributed by atoms with Crippen molar-refractivity contribution in [2.75, 3.05) is 5.32 Å². The summed E-state index contributed by atoms with van der Waals surface area (Å²) in [6, 6.07) is 14.8. The molecule has 0 fully saturated rings. The highest BCUT2D eigenvalue weighted by molar-refractivity contribution is 5.79. The first-order valence-corrected chi connectivity index (χ1v) is 7.41. The molecule has 3 nitrogen and oxygen atoms in total. The number of hydrogen-bond acceptors (Lipinski definition) is 2. The molecule has 0 saturated carbocycles. The minimum atomic E-state index is -0.852. The van der Waals surface area contributed by atoms with Gasteiger partial charge in [-0.3, -0.25) is 0 Å². The topological polar surface area (TPSA) is 49.3 Å². The molecule has 2 aromatic rings. The fourth-order valence-corrected chi connectivity index (χ4v) is 3.01. The third-order valence-corrected chi connectivity index (χ3v) is 4.08. The molecule has 0 amide bonds. The molecule has 108 valence electrons. The summed E-state index contributed by atoms with van der Waals surface area (Å²) in [6.07, 6.45) is 4.51. The Hall–Kier alpha value is -2.29. The number of nitrogens with one attached hydrogen (secondary N) is 1. The smallest absolute Gasteiger partial charge is 0.330 e. The molecule has 0 bridgehead atoms. The summed E-state index contributed by atoms with van der Waals surface area (Å²) in [4.78, 5) is 11.6. The fourth-order valence-electron chi connectivity index (χ4n) is 3.01. The maximum absolute atomic E-state index is 11.6. The lowest BCUT2D eigenvalue weighted by Crippen LogP contribution is -2.21. The van der Waals surface area contributed by atoms with E-state index in [1.165, 1.54) is 24.0 Å². The van der Waals surface area contributed by atoms with Crippen molar-refractivity contribution in [3.8, 4) is 0 Å². The zero-order valence-electron chi connectivity index (χ0n) is 11.9. The van der Waals surface area contributed by atoms with Crippen molar-refractivity contribution in [2.45, 2.75) is 31.7 Å². The first-order chi connectivity index (χ1) is 10.3. The molecule has 1 aliphatic carbocycles. The molecule has 3 rings (SSSR count). The Balaban J connectivity index is 1.92. The van der Waals surface area contributed by atoms with Crippen LogP contribution >= 0.6 is 0 Å². The van der Waals surface area contributed by atoms with Crippen LogP contribution in [0, 0.1) is 0 Å². The van der Waals surface area contributed by atoms with Gasteiger partial charge in [0.1, 0.15) is 0 Å². The van der Waals surface area contributed by atoms with Gasteiger partial charge >= 0.3 is 5.97 Å². The van der Waals surface area contributed by atoms with Crippen LogP contribution in [0.25, 0.3) is 0 Å². The van der Waals surface area contributed by atoms with E-state index in [2.05, 4.69) is 11.4 Å². The number of rotatable bonds is 4. The standard InChI is InChI=1S/C18H19NO2/c20-18(21)17(14-8-2-1-3-9-14)19-16-12-6-10-13-7-4-5-11-15(13)16/h1-3,6,8-10,12,17,19H,4-5,7,11H2,(H,20,21). The number of anilines is 1. The minimum Gasteiger partial charge on any atom is -0.479 e. The van der Waals surface area contributed by atoms with Gasteiger partial charge in [0.25, 0.3) is 0 Å².